The van der Waals surface area contributed by atoms with E-state index in [2.05, 4.69) is 0 Å². The van der Waals surface area contributed by atoms with Crippen molar-refractivity contribution < 1.29 is 13.2 Å². The van der Waals surface area contributed by atoms with Gasteiger partial charge >= 0.3 is 0 Å². The van der Waals surface area contributed by atoms with Crippen molar-refractivity contribution in [1.29, 1.82) is 0 Å². The highest BCUT2D eigenvalue weighted by Crippen LogP contribution is 2.25. The van der Waals surface area contributed by atoms with Gasteiger partial charge in [0.1, 0.15) is 5.78 Å². The first-order chi connectivity index (χ1) is 7.78. The van der Waals surface area contributed by atoms with Crippen LogP contribution < -0.4 is 0 Å². The largest absolute Gasteiger partial charge is 0.299 e. The number of benzene rings is 1. The Morgan fingerprint density at radius 2 is 1.76 bits per heavy atom. The van der Waals surface area contributed by atoms with Crippen LogP contribution in [0.5, 0.6) is 0 Å². The van der Waals surface area contributed by atoms with E-state index in [1.54, 1.807) is 25.1 Å². The first-order valence-corrected chi connectivity index (χ1v) is 6.74. The molecule has 0 bridgehead atoms. The van der Waals surface area contributed by atoms with E-state index >= 15 is 0 Å². The van der Waals surface area contributed by atoms with Crippen molar-refractivity contribution in [3.63, 3.8) is 0 Å². The summed E-state index contributed by atoms with van der Waals surface area (Å²) in [5.74, 6) is -0.465. The number of carbonyl (C=O) groups excluding carboxylic acids is 1. The number of carbonyl (C=O) groups is 1. The van der Waals surface area contributed by atoms with Gasteiger partial charge in [-0.1, -0.05) is 25.1 Å². The second kappa shape index (κ2) is 4.98. The maximum Gasteiger partial charge on any atom is 0.242 e. The average molecular weight is 255 g/mol. The summed E-state index contributed by atoms with van der Waals surface area (Å²) in [4.78, 5) is 11.6. The van der Waals surface area contributed by atoms with E-state index in [9.17, 15) is 13.2 Å². The highest BCUT2D eigenvalue weighted by Gasteiger charge is 2.24. The average Bonchev–Trinajstić information content (AvgIpc) is 2.27. The number of sulfonamides is 1. The molecule has 1 aromatic carbocycles. The molecule has 0 fully saturated rings. The predicted octanol–water partition coefficient (Wildman–Crippen LogP) is 1.63. The lowest BCUT2D eigenvalue weighted by atomic mass is 9.98. The van der Waals surface area contributed by atoms with Crippen LogP contribution in [0.2, 0.25) is 0 Å². The summed E-state index contributed by atoms with van der Waals surface area (Å²) in [5, 5.41) is 0. The van der Waals surface area contributed by atoms with Gasteiger partial charge in [-0.3, -0.25) is 4.79 Å². The number of ketones is 1. The van der Waals surface area contributed by atoms with E-state index in [-0.39, 0.29) is 10.7 Å². The first kappa shape index (κ1) is 13.9. The molecule has 0 aromatic heterocycles. The maximum absolute atomic E-state index is 12.1. The van der Waals surface area contributed by atoms with Crippen molar-refractivity contribution in [2.45, 2.75) is 24.7 Å². The lowest BCUT2D eigenvalue weighted by Crippen LogP contribution is -2.24. The smallest absolute Gasteiger partial charge is 0.242 e. The molecular formula is C12H17NO3S. The number of Topliss-reactive ketones (excluding diaryl/α,β-unsaturated/α-hetero) is 1. The molecule has 1 rings (SSSR count). The summed E-state index contributed by atoms with van der Waals surface area (Å²) in [6.45, 7) is 3.18. The van der Waals surface area contributed by atoms with Gasteiger partial charge in [0.15, 0.2) is 0 Å². The zero-order valence-electron chi connectivity index (χ0n) is 10.5. The normalized spacial score (nSPS) is 13.7. The van der Waals surface area contributed by atoms with Crippen molar-refractivity contribution in [1.82, 2.24) is 4.31 Å². The van der Waals surface area contributed by atoms with Gasteiger partial charge in [-0.25, -0.2) is 12.7 Å². The minimum atomic E-state index is -3.50. The van der Waals surface area contributed by atoms with Gasteiger partial charge in [-0.15, -0.1) is 0 Å². The molecule has 5 heteroatoms. The van der Waals surface area contributed by atoms with Gasteiger partial charge in [0.25, 0.3) is 0 Å². The van der Waals surface area contributed by atoms with Crippen LogP contribution >= 0.6 is 0 Å². The van der Waals surface area contributed by atoms with Crippen LogP contribution in [-0.2, 0) is 14.8 Å². The minimum Gasteiger partial charge on any atom is -0.299 e. The minimum absolute atomic E-state index is 0.0496. The number of rotatable bonds is 4. The summed E-state index contributed by atoms with van der Waals surface area (Å²) in [6.07, 6.45) is 0. The van der Waals surface area contributed by atoms with E-state index in [0.717, 1.165) is 4.31 Å². The van der Waals surface area contributed by atoms with Gasteiger partial charge < -0.3 is 0 Å². The van der Waals surface area contributed by atoms with E-state index in [1.165, 1.54) is 27.1 Å². The Balaban J connectivity index is 3.42. The van der Waals surface area contributed by atoms with Gasteiger partial charge in [0.2, 0.25) is 10.0 Å². The molecule has 0 N–H and O–H groups in total. The summed E-state index contributed by atoms with van der Waals surface area (Å²) in [5.41, 5.74) is 0.550. The van der Waals surface area contributed by atoms with Crippen molar-refractivity contribution in [2.24, 2.45) is 0 Å². The van der Waals surface area contributed by atoms with E-state index in [0.29, 0.717) is 5.56 Å². The Labute approximate surface area is 102 Å². The van der Waals surface area contributed by atoms with Crippen molar-refractivity contribution >= 4 is 15.8 Å². The van der Waals surface area contributed by atoms with Crippen molar-refractivity contribution in [2.75, 3.05) is 14.1 Å². The molecule has 0 aliphatic carbocycles. The van der Waals surface area contributed by atoms with Crippen LogP contribution in [0.25, 0.3) is 0 Å². The van der Waals surface area contributed by atoms with Crippen molar-refractivity contribution in [3.8, 4) is 0 Å². The molecule has 0 radical (unpaired) electrons. The zero-order chi connectivity index (χ0) is 13.2. The third kappa shape index (κ3) is 2.73. The lowest BCUT2D eigenvalue weighted by Gasteiger charge is -2.17. The first-order valence-electron chi connectivity index (χ1n) is 5.30. The Kier molecular flexibility index (Phi) is 4.06. The number of hydrogen-bond acceptors (Lipinski definition) is 3. The summed E-state index contributed by atoms with van der Waals surface area (Å²) in [7, 11) is -0.552. The molecule has 0 saturated carbocycles. The van der Waals surface area contributed by atoms with Gasteiger partial charge in [0.05, 0.1) is 4.90 Å². The van der Waals surface area contributed by atoms with Gasteiger partial charge in [-0.2, -0.15) is 0 Å². The lowest BCUT2D eigenvalue weighted by molar-refractivity contribution is -0.118. The van der Waals surface area contributed by atoms with Crippen LogP contribution in [0.15, 0.2) is 29.2 Å². The second-order valence-electron chi connectivity index (χ2n) is 4.16. The third-order valence-electron chi connectivity index (χ3n) is 2.75. The molecule has 0 spiro atoms. The molecule has 17 heavy (non-hydrogen) atoms. The fourth-order valence-electron chi connectivity index (χ4n) is 1.49. The predicted molar refractivity (Wildman–Crippen MR) is 66.4 cm³/mol. The van der Waals surface area contributed by atoms with E-state index in [1.807, 2.05) is 0 Å². The Hall–Kier alpha value is -1.20. The van der Waals surface area contributed by atoms with Gasteiger partial charge in [0, 0.05) is 20.0 Å². The molecule has 4 nitrogen and oxygen atoms in total. The van der Waals surface area contributed by atoms with E-state index < -0.39 is 15.9 Å². The Bertz CT molecular complexity index is 520. The highest BCUT2D eigenvalue weighted by atomic mass is 32.2. The van der Waals surface area contributed by atoms with Crippen molar-refractivity contribution in [3.05, 3.63) is 29.8 Å². The Morgan fingerprint density at radius 3 is 2.24 bits per heavy atom. The second-order valence-corrected chi connectivity index (χ2v) is 6.28. The fraction of sp³-hybridized carbons (Fsp3) is 0.417. The van der Waals surface area contributed by atoms with Gasteiger partial charge in [-0.05, 0) is 18.6 Å². The SMILES string of the molecule is CC(=O)C(C)c1ccccc1S(=O)(=O)N(C)C. The molecule has 0 aliphatic heterocycles. The topological polar surface area (TPSA) is 54.5 Å². The number of hydrogen-bond donors (Lipinski definition) is 0. The fourth-order valence-corrected chi connectivity index (χ4v) is 2.68. The summed E-state index contributed by atoms with van der Waals surface area (Å²) >= 11 is 0. The van der Waals surface area contributed by atoms with Crippen LogP contribution in [0, 0.1) is 0 Å². The van der Waals surface area contributed by atoms with Crippen LogP contribution in [0.4, 0.5) is 0 Å². The highest BCUT2D eigenvalue weighted by molar-refractivity contribution is 7.89. The maximum atomic E-state index is 12.1. The monoisotopic (exact) mass is 255 g/mol. The summed E-state index contributed by atoms with van der Waals surface area (Å²) < 4.78 is 25.3. The summed E-state index contributed by atoms with van der Waals surface area (Å²) in [6, 6.07) is 6.61. The third-order valence-corrected chi connectivity index (χ3v) is 4.64. The number of nitrogens with zero attached hydrogens (tertiary/aromatic N) is 1. The molecule has 94 valence electrons. The standard InChI is InChI=1S/C12H17NO3S/c1-9(10(2)14)11-7-5-6-8-12(11)17(15,16)13(3)4/h5-9H,1-4H3. The Morgan fingerprint density at radius 1 is 1.24 bits per heavy atom. The van der Waals surface area contributed by atoms with Crippen LogP contribution in [-0.4, -0.2) is 32.6 Å². The molecule has 0 heterocycles. The van der Waals surface area contributed by atoms with Crippen LogP contribution in [0.3, 0.4) is 0 Å². The zero-order valence-corrected chi connectivity index (χ0v) is 11.3. The van der Waals surface area contributed by atoms with Crippen LogP contribution in [0.1, 0.15) is 25.3 Å². The quantitative estimate of drug-likeness (QED) is 0.821. The molecule has 0 aliphatic rings. The van der Waals surface area contributed by atoms with E-state index in [4.69, 9.17) is 0 Å². The molecule has 1 unspecified atom stereocenters. The molecule has 0 amide bonds. The molecular weight excluding hydrogens is 238 g/mol. The molecule has 1 aromatic rings. The molecule has 0 saturated heterocycles. The molecule has 1 atom stereocenters.